The number of carbonyl (C=O) groups excluding carboxylic acids is 2. The van der Waals surface area contributed by atoms with E-state index in [1.165, 1.54) is 11.9 Å². The standard InChI is InChI=1S/C13H13N3O2S/c1-7-4-3-5-8-11(7)14-13(19)16(8)9-6-10(17)15(2)12(9)18/h3-5,9H,6H2,1-2H3,(H,14,19). The summed E-state index contributed by atoms with van der Waals surface area (Å²) in [6, 6.07) is 5.28. The van der Waals surface area contributed by atoms with E-state index < -0.39 is 6.04 Å². The number of para-hydroxylation sites is 1. The van der Waals surface area contributed by atoms with Gasteiger partial charge in [-0.15, -0.1) is 0 Å². The van der Waals surface area contributed by atoms with Crippen LogP contribution in [0.2, 0.25) is 0 Å². The molecule has 1 saturated heterocycles. The number of carbonyl (C=O) groups is 2. The number of rotatable bonds is 1. The quantitative estimate of drug-likeness (QED) is 0.639. The second kappa shape index (κ2) is 4.03. The van der Waals surface area contributed by atoms with Crippen molar-refractivity contribution < 1.29 is 9.59 Å². The molecule has 1 unspecified atom stereocenters. The molecule has 1 fully saturated rings. The molecule has 0 bridgehead atoms. The van der Waals surface area contributed by atoms with Gasteiger partial charge in [0, 0.05) is 7.05 Å². The molecule has 0 aliphatic carbocycles. The molecule has 5 nitrogen and oxygen atoms in total. The Morgan fingerprint density at radius 2 is 2.11 bits per heavy atom. The van der Waals surface area contributed by atoms with Gasteiger partial charge in [0.15, 0.2) is 4.77 Å². The van der Waals surface area contributed by atoms with Gasteiger partial charge in [0.05, 0.1) is 17.5 Å². The Bertz CT molecular complexity index is 759. The normalized spacial score (nSPS) is 19.7. The minimum atomic E-state index is -0.527. The van der Waals surface area contributed by atoms with Crippen molar-refractivity contribution in [1.82, 2.24) is 14.5 Å². The smallest absolute Gasteiger partial charge is 0.252 e. The van der Waals surface area contributed by atoms with Crippen LogP contribution in [0.3, 0.4) is 0 Å². The summed E-state index contributed by atoms with van der Waals surface area (Å²) in [6.07, 6.45) is 0.171. The number of amides is 2. The maximum Gasteiger partial charge on any atom is 0.252 e. The Hall–Kier alpha value is -1.95. The molecule has 0 spiro atoms. The highest BCUT2D eigenvalue weighted by molar-refractivity contribution is 7.71. The molecule has 1 atom stereocenters. The number of likely N-dealkylation sites (N-methyl/N-ethyl adjacent to an activating group) is 1. The molecule has 1 aromatic heterocycles. The van der Waals surface area contributed by atoms with E-state index in [4.69, 9.17) is 12.2 Å². The Balaban J connectivity index is 2.24. The summed E-state index contributed by atoms with van der Waals surface area (Å²) in [7, 11) is 1.51. The molecule has 2 heterocycles. The minimum absolute atomic E-state index is 0.168. The molecule has 6 heteroatoms. The van der Waals surface area contributed by atoms with E-state index >= 15 is 0 Å². The number of fused-ring (bicyclic) bond motifs is 1. The SMILES string of the molecule is Cc1cccc2c1[nH]c(=S)n2C1CC(=O)N(C)C1=O. The van der Waals surface area contributed by atoms with E-state index in [1.807, 2.05) is 25.1 Å². The maximum atomic E-state index is 12.1. The molecule has 3 rings (SSSR count). The van der Waals surface area contributed by atoms with Gasteiger partial charge in [0.1, 0.15) is 6.04 Å². The van der Waals surface area contributed by atoms with Crippen LogP contribution in [0.5, 0.6) is 0 Å². The van der Waals surface area contributed by atoms with Gasteiger partial charge in [-0.1, -0.05) is 12.1 Å². The Kier molecular flexibility index (Phi) is 2.56. The molecule has 2 amide bonds. The second-order valence-electron chi connectivity index (χ2n) is 4.78. The first-order chi connectivity index (χ1) is 9.00. The van der Waals surface area contributed by atoms with Gasteiger partial charge in [0.25, 0.3) is 5.91 Å². The van der Waals surface area contributed by atoms with Gasteiger partial charge in [0.2, 0.25) is 5.91 Å². The third kappa shape index (κ3) is 1.63. The van der Waals surface area contributed by atoms with Gasteiger partial charge in [-0.3, -0.25) is 14.5 Å². The summed E-state index contributed by atoms with van der Waals surface area (Å²) in [6.45, 7) is 1.98. The predicted molar refractivity (Wildman–Crippen MR) is 73.3 cm³/mol. The van der Waals surface area contributed by atoms with Crippen molar-refractivity contribution in [1.29, 1.82) is 0 Å². The number of hydrogen-bond donors (Lipinski definition) is 1. The zero-order valence-corrected chi connectivity index (χ0v) is 11.5. The minimum Gasteiger partial charge on any atom is -0.330 e. The molecule has 1 aliphatic rings. The number of aromatic amines is 1. The summed E-state index contributed by atoms with van der Waals surface area (Å²) in [5, 5.41) is 0. The van der Waals surface area contributed by atoms with Crippen molar-refractivity contribution >= 4 is 35.1 Å². The number of aromatic nitrogens is 2. The van der Waals surface area contributed by atoms with Gasteiger partial charge < -0.3 is 9.55 Å². The summed E-state index contributed by atoms with van der Waals surface area (Å²) >= 11 is 5.30. The van der Waals surface area contributed by atoms with Crippen molar-refractivity contribution in [2.24, 2.45) is 0 Å². The number of hydrogen-bond acceptors (Lipinski definition) is 3. The fraction of sp³-hybridized carbons (Fsp3) is 0.308. The first kappa shape index (κ1) is 12.1. The lowest BCUT2D eigenvalue weighted by Gasteiger charge is -2.11. The molecular formula is C13H13N3O2S. The summed E-state index contributed by atoms with van der Waals surface area (Å²) < 4.78 is 2.23. The van der Waals surface area contributed by atoms with Crippen LogP contribution in [0, 0.1) is 11.7 Å². The van der Waals surface area contributed by atoms with Crippen LogP contribution in [0.15, 0.2) is 18.2 Å². The Labute approximate surface area is 114 Å². The summed E-state index contributed by atoms with van der Waals surface area (Å²) in [4.78, 5) is 28.1. The highest BCUT2D eigenvalue weighted by Crippen LogP contribution is 2.28. The molecular weight excluding hydrogens is 262 g/mol. The Morgan fingerprint density at radius 3 is 2.74 bits per heavy atom. The van der Waals surface area contributed by atoms with E-state index in [2.05, 4.69) is 4.98 Å². The monoisotopic (exact) mass is 275 g/mol. The van der Waals surface area contributed by atoms with E-state index in [0.29, 0.717) is 4.77 Å². The fourth-order valence-corrected chi connectivity index (χ4v) is 2.87. The lowest BCUT2D eigenvalue weighted by molar-refractivity contribution is -0.137. The lowest BCUT2D eigenvalue weighted by Crippen LogP contribution is -2.26. The number of benzene rings is 1. The molecule has 1 aromatic carbocycles. The summed E-state index contributed by atoms with van der Waals surface area (Å²) in [5.41, 5.74) is 2.85. The maximum absolute atomic E-state index is 12.1. The highest BCUT2D eigenvalue weighted by atomic mass is 32.1. The third-order valence-corrected chi connectivity index (χ3v) is 3.93. The number of likely N-dealkylation sites (tertiary alicyclic amines) is 1. The largest absolute Gasteiger partial charge is 0.330 e. The van der Waals surface area contributed by atoms with Crippen LogP contribution in [-0.2, 0) is 9.59 Å². The first-order valence-electron chi connectivity index (χ1n) is 6.01. The van der Waals surface area contributed by atoms with E-state index in [1.54, 1.807) is 4.57 Å². The van der Waals surface area contributed by atoms with E-state index in [-0.39, 0.29) is 18.2 Å². The number of nitrogens with one attached hydrogen (secondary N) is 1. The van der Waals surface area contributed by atoms with Crippen LogP contribution < -0.4 is 0 Å². The molecule has 19 heavy (non-hydrogen) atoms. The van der Waals surface area contributed by atoms with E-state index in [9.17, 15) is 9.59 Å². The zero-order valence-electron chi connectivity index (χ0n) is 10.6. The molecule has 0 saturated carbocycles. The van der Waals surface area contributed by atoms with Crippen LogP contribution in [0.25, 0.3) is 11.0 Å². The second-order valence-corrected chi connectivity index (χ2v) is 5.17. The average Bonchev–Trinajstić information content (AvgIpc) is 2.83. The number of imidazole rings is 1. The topological polar surface area (TPSA) is 58.1 Å². The van der Waals surface area contributed by atoms with Crippen LogP contribution in [0.1, 0.15) is 18.0 Å². The molecule has 0 radical (unpaired) electrons. The Morgan fingerprint density at radius 1 is 1.37 bits per heavy atom. The van der Waals surface area contributed by atoms with Crippen molar-refractivity contribution in [2.45, 2.75) is 19.4 Å². The summed E-state index contributed by atoms with van der Waals surface area (Å²) in [5.74, 6) is -0.373. The van der Waals surface area contributed by atoms with Crippen molar-refractivity contribution in [3.05, 3.63) is 28.5 Å². The zero-order chi connectivity index (χ0) is 13.7. The molecule has 98 valence electrons. The van der Waals surface area contributed by atoms with Crippen molar-refractivity contribution in [2.75, 3.05) is 7.05 Å². The van der Waals surface area contributed by atoms with Crippen LogP contribution in [0.4, 0.5) is 0 Å². The van der Waals surface area contributed by atoms with Crippen molar-refractivity contribution in [3.8, 4) is 0 Å². The third-order valence-electron chi connectivity index (χ3n) is 3.63. The lowest BCUT2D eigenvalue weighted by atomic mass is 10.2. The number of aryl methyl sites for hydroxylation is 1. The molecule has 1 aliphatic heterocycles. The van der Waals surface area contributed by atoms with Gasteiger partial charge in [-0.2, -0.15) is 0 Å². The van der Waals surface area contributed by atoms with E-state index in [0.717, 1.165) is 16.6 Å². The number of nitrogens with zero attached hydrogens (tertiary/aromatic N) is 2. The number of H-pyrrole nitrogens is 1. The molecule has 1 N–H and O–H groups in total. The van der Waals surface area contributed by atoms with Crippen LogP contribution in [-0.4, -0.2) is 33.3 Å². The number of imide groups is 1. The molecule has 2 aromatic rings. The highest BCUT2D eigenvalue weighted by Gasteiger charge is 2.38. The van der Waals surface area contributed by atoms with Gasteiger partial charge in [-0.05, 0) is 30.8 Å². The first-order valence-corrected chi connectivity index (χ1v) is 6.41. The van der Waals surface area contributed by atoms with Crippen LogP contribution >= 0.6 is 12.2 Å². The average molecular weight is 275 g/mol. The fourth-order valence-electron chi connectivity index (χ4n) is 2.54. The predicted octanol–water partition coefficient (Wildman–Crippen LogP) is 1.94. The van der Waals surface area contributed by atoms with Gasteiger partial charge >= 0.3 is 0 Å². The van der Waals surface area contributed by atoms with Gasteiger partial charge in [-0.25, -0.2) is 0 Å². The van der Waals surface area contributed by atoms with Crippen molar-refractivity contribution in [3.63, 3.8) is 0 Å².